The average Bonchev–Trinajstić information content (AvgIpc) is 2.51. The van der Waals surface area contributed by atoms with Gasteiger partial charge in [-0.1, -0.05) is 13.8 Å². The second-order valence-corrected chi connectivity index (χ2v) is 4.25. The molecule has 0 bridgehead atoms. The van der Waals surface area contributed by atoms with Crippen molar-refractivity contribution >= 4 is 11.3 Å². The second kappa shape index (κ2) is 4.58. The van der Waals surface area contributed by atoms with E-state index in [4.69, 9.17) is 0 Å². The van der Waals surface area contributed by atoms with Crippen LogP contribution in [0.2, 0.25) is 0 Å². The molecule has 0 aliphatic carbocycles. The summed E-state index contributed by atoms with van der Waals surface area (Å²) >= 11 is 1.65. The van der Waals surface area contributed by atoms with Gasteiger partial charge in [0.1, 0.15) is 0 Å². The van der Waals surface area contributed by atoms with E-state index in [0.717, 1.165) is 17.8 Å². The predicted molar refractivity (Wildman–Crippen MR) is 51.3 cm³/mol. The van der Waals surface area contributed by atoms with Crippen molar-refractivity contribution in [2.45, 2.75) is 32.8 Å². The van der Waals surface area contributed by atoms with Gasteiger partial charge in [0, 0.05) is 18.0 Å². The summed E-state index contributed by atoms with van der Waals surface area (Å²) in [7, 11) is 0. The maximum atomic E-state index is 9.50. The first kappa shape index (κ1) is 9.68. The molecule has 0 saturated carbocycles. The molecular weight excluding hydrogens is 170 g/mol. The van der Waals surface area contributed by atoms with Crippen LogP contribution in [-0.4, -0.2) is 16.2 Å². The van der Waals surface area contributed by atoms with Gasteiger partial charge >= 0.3 is 0 Å². The monoisotopic (exact) mass is 185 g/mol. The molecule has 0 saturated heterocycles. The van der Waals surface area contributed by atoms with Gasteiger partial charge in [0.2, 0.25) is 0 Å². The normalized spacial score (nSPS) is 13.7. The van der Waals surface area contributed by atoms with E-state index in [9.17, 15) is 5.11 Å². The van der Waals surface area contributed by atoms with Crippen molar-refractivity contribution in [2.75, 3.05) is 0 Å². The second-order valence-electron chi connectivity index (χ2n) is 3.28. The van der Waals surface area contributed by atoms with Gasteiger partial charge in [-0.3, -0.25) is 0 Å². The summed E-state index contributed by atoms with van der Waals surface area (Å²) in [5.41, 5.74) is 0. The molecule has 2 nitrogen and oxygen atoms in total. The number of hydrogen-bond acceptors (Lipinski definition) is 3. The van der Waals surface area contributed by atoms with Crippen molar-refractivity contribution < 1.29 is 5.11 Å². The summed E-state index contributed by atoms with van der Waals surface area (Å²) in [5, 5.41) is 12.6. The maximum absolute atomic E-state index is 9.50. The number of nitrogens with zero attached hydrogens (tertiary/aromatic N) is 1. The zero-order valence-corrected chi connectivity index (χ0v) is 8.34. The zero-order chi connectivity index (χ0) is 8.97. The third kappa shape index (κ3) is 2.91. The lowest BCUT2D eigenvalue weighted by atomic mass is 10.0. The molecule has 12 heavy (non-hydrogen) atoms. The molecule has 0 aliphatic heterocycles. The van der Waals surface area contributed by atoms with E-state index in [1.165, 1.54) is 0 Å². The van der Waals surface area contributed by atoms with Gasteiger partial charge in [0.05, 0.1) is 11.1 Å². The van der Waals surface area contributed by atoms with Crippen LogP contribution >= 0.6 is 11.3 Å². The highest BCUT2D eigenvalue weighted by Gasteiger charge is 2.09. The summed E-state index contributed by atoms with van der Waals surface area (Å²) in [6.07, 6.45) is 3.35. The molecule has 0 aliphatic rings. The summed E-state index contributed by atoms with van der Waals surface area (Å²) in [6.45, 7) is 4.07. The molecule has 68 valence electrons. The van der Waals surface area contributed by atoms with Crippen LogP contribution in [0.25, 0.3) is 0 Å². The molecule has 1 N–H and O–H groups in total. The number of thiazole rings is 1. The van der Waals surface area contributed by atoms with Crippen LogP contribution in [0.3, 0.4) is 0 Å². The predicted octanol–water partition coefficient (Wildman–Crippen LogP) is 2.09. The Bertz CT molecular complexity index is 208. The minimum Gasteiger partial charge on any atom is -0.393 e. The molecule has 0 radical (unpaired) electrons. The van der Waals surface area contributed by atoms with Crippen molar-refractivity contribution in [3.8, 4) is 0 Å². The van der Waals surface area contributed by atoms with Gasteiger partial charge in [-0.05, 0) is 12.3 Å². The average molecular weight is 185 g/mol. The molecule has 1 aromatic heterocycles. The summed E-state index contributed by atoms with van der Waals surface area (Å²) in [5.74, 6) is 0.352. The minimum absolute atomic E-state index is 0.186. The first-order chi connectivity index (χ1) is 5.70. The largest absolute Gasteiger partial charge is 0.393 e. The summed E-state index contributed by atoms with van der Waals surface area (Å²) < 4.78 is 0. The first-order valence-corrected chi connectivity index (χ1v) is 5.14. The fourth-order valence-corrected chi connectivity index (χ4v) is 1.62. The smallest absolute Gasteiger partial charge is 0.0925 e. The number of aromatic nitrogens is 1. The molecule has 3 heteroatoms. The minimum atomic E-state index is -0.186. The summed E-state index contributed by atoms with van der Waals surface area (Å²) in [4.78, 5) is 4.15. The molecule has 1 atom stereocenters. The lowest BCUT2D eigenvalue weighted by Crippen LogP contribution is -2.15. The quantitative estimate of drug-likeness (QED) is 0.779. The highest BCUT2D eigenvalue weighted by molar-refractivity contribution is 7.09. The zero-order valence-electron chi connectivity index (χ0n) is 7.53. The molecule has 0 amide bonds. The van der Waals surface area contributed by atoms with E-state index < -0.39 is 0 Å². The molecule has 0 fully saturated rings. The molecular formula is C9H15NOS. The Morgan fingerprint density at radius 2 is 2.33 bits per heavy atom. The third-order valence-electron chi connectivity index (χ3n) is 1.91. The van der Waals surface area contributed by atoms with Gasteiger partial charge < -0.3 is 5.11 Å². The molecule has 0 aromatic carbocycles. The number of aryl methyl sites for hydroxylation is 1. The molecule has 1 unspecified atom stereocenters. The lowest BCUT2D eigenvalue weighted by molar-refractivity contribution is 0.116. The van der Waals surface area contributed by atoms with E-state index in [-0.39, 0.29) is 6.10 Å². The van der Waals surface area contributed by atoms with E-state index in [1.807, 2.05) is 25.4 Å². The molecule has 0 spiro atoms. The van der Waals surface area contributed by atoms with Gasteiger partial charge in [0.15, 0.2) is 0 Å². The Morgan fingerprint density at radius 3 is 2.83 bits per heavy atom. The lowest BCUT2D eigenvalue weighted by Gasteiger charge is -2.12. The van der Waals surface area contributed by atoms with Crippen molar-refractivity contribution in [3.05, 3.63) is 16.6 Å². The Balaban J connectivity index is 2.27. The van der Waals surface area contributed by atoms with Crippen molar-refractivity contribution in [1.82, 2.24) is 4.98 Å². The van der Waals surface area contributed by atoms with Crippen LogP contribution in [0.15, 0.2) is 11.6 Å². The molecule has 1 rings (SSSR count). The number of aliphatic hydroxyl groups is 1. The van der Waals surface area contributed by atoms with Crippen LogP contribution < -0.4 is 0 Å². The van der Waals surface area contributed by atoms with E-state index in [2.05, 4.69) is 4.98 Å². The number of rotatable bonds is 4. The Morgan fingerprint density at radius 1 is 1.58 bits per heavy atom. The maximum Gasteiger partial charge on any atom is 0.0925 e. The number of hydrogen-bond donors (Lipinski definition) is 1. The van der Waals surface area contributed by atoms with Crippen molar-refractivity contribution in [1.29, 1.82) is 0 Å². The van der Waals surface area contributed by atoms with Gasteiger partial charge in [-0.2, -0.15) is 0 Å². The SMILES string of the molecule is CC(C)C(O)CCc1nccs1. The van der Waals surface area contributed by atoms with E-state index in [0.29, 0.717) is 5.92 Å². The molecule has 1 heterocycles. The fourth-order valence-electron chi connectivity index (χ4n) is 0.981. The van der Waals surface area contributed by atoms with Crippen LogP contribution in [0.5, 0.6) is 0 Å². The van der Waals surface area contributed by atoms with Crippen LogP contribution in [0.1, 0.15) is 25.3 Å². The standard InChI is InChI=1S/C9H15NOS/c1-7(2)8(11)3-4-9-10-5-6-12-9/h5-8,11H,3-4H2,1-2H3. The van der Waals surface area contributed by atoms with E-state index >= 15 is 0 Å². The fraction of sp³-hybridized carbons (Fsp3) is 0.667. The topological polar surface area (TPSA) is 33.1 Å². The summed E-state index contributed by atoms with van der Waals surface area (Å²) in [6, 6.07) is 0. The van der Waals surface area contributed by atoms with Crippen LogP contribution in [0.4, 0.5) is 0 Å². The first-order valence-electron chi connectivity index (χ1n) is 4.26. The number of aliphatic hydroxyl groups excluding tert-OH is 1. The highest BCUT2D eigenvalue weighted by Crippen LogP contribution is 2.12. The Labute approximate surface area is 77.3 Å². The van der Waals surface area contributed by atoms with Gasteiger partial charge in [-0.15, -0.1) is 11.3 Å². The molecule has 1 aromatic rings. The van der Waals surface area contributed by atoms with Gasteiger partial charge in [0.25, 0.3) is 0 Å². The highest BCUT2D eigenvalue weighted by atomic mass is 32.1. The Kier molecular flexibility index (Phi) is 3.69. The van der Waals surface area contributed by atoms with E-state index in [1.54, 1.807) is 11.3 Å². The van der Waals surface area contributed by atoms with Gasteiger partial charge in [-0.25, -0.2) is 4.98 Å². The Hall–Kier alpha value is -0.410. The van der Waals surface area contributed by atoms with Crippen molar-refractivity contribution in [3.63, 3.8) is 0 Å². The third-order valence-corrected chi connectivity index (χ3v) is 2.75. The van der Waals surface area contributed by atoms with Crippen LogP contribution in [-0.2, 0) is 6.42 Å². The van der Waals surface area contributed by atoms with Crippen molar-refractivity contribution in [2.24, 2.45) is 5.92 Å². The van der Waals surface area contributed by atoms with Crippen LogP contribution in [0, 0.1) is 5.92 Å².